The fraction of sp³-hybridized carbons (Fsp3) is 0.562. The molecule has 0 saturated heterocycles. The van der Waals surface area contributed by atoms with Crippen LogP contribution in [0.15, 0.2) is 18.2 Å². The molecule has 1 aromatic rings. The van der Waals surface area contributed by atoms with E-state index in [9.17, 15) is 4.79 Å². The Morgan fingerprint density at radius 2 is 2.20 bits per heavy atom. The van der Waals surface area contributed by atoms with Crippen molar-refractivity contribution < 1.29 is 9.53 Å². The van der Waals surface area contributed by atoms with E-state index in [-0.39, 0.29) is 11.9 Å². The molecule has 112 valence electrons. The van der Waals surface area contributed by atoms with Gasteiger partial charge >= 0.3 is 0 Å². The van der Waals surface area contributed by atoms with Crippen LogP contribution in [0.2, 0.25) is 0 Å². The molecule has 0 fully saturated rings. The number of hydrogen-bond donors (Lipinski definition) is 2. The van der Waals surface area contributed by atoms with Crippen molar-refractivity contribution in [1.82, 2.24) is 5.32 Å². The molecule has 4 heteroatoms. The number of carbonyl (C=O) groups excluding carboxylic acids is 1. The van der Waals surface area contributed by atoms with E-state index in [2.05, 4.69) is 18.3 Å². The number of ether oxygens (including phenoxy) is 1. The van der Waals surface area contributed by atoms with E-state index in [1.165, 1.54) is 0 Å². The smallest absolute Gasteiger partial charge is 0.219 e. The van der Waals surface area contributed by atoms with Crippen LogP contribution in [0.25, 0.3) is 0 Å². The number of nitrogens with one attached hydrogen (secondary N) is 1. The van der Waals surface area contributed by atoms with E-state index in [0.717, 1.165) is 29.7 Å². The molecule has 0 aliphatic rings. The summed E-state index contributed by atoms with van der Waals surface area (Å²) in [7, 11) is 1.65. The maximum atomic E-state index is 11.2. The lowest BCUT2D eigenvalue weighted by molar-refractivity contribution is -0.120. The average Bonchev–Trinajstić information content (AvgIpc) is 2.45. The second kappa shape index (κ2) is 8.59. The number of nitrogens with two attached hydrogens (primary N) is 1. The fourth-order valence-electron chi connectivity index (χ4n) is 2.04. The number of rotatable bonds is 8. The number of hydrogen-bond acceptors (Lipinski definition) is 3. The lowest BCUT2D eigenvalue weighted by atomic mass is 10.0. The molecule has 0 radical (unpaired) electrons. The highest BCUT2D eigenvalue weighted by atomic mass is 16.5. The third-order valence-electron chi connectivity index (χ3n) is 3.37. The first-order valence-electron chi connectivity index (χ1n) is 7.25. The summed E-state index contributed by atoms with van der Waals surface area (Å²) in [5.74, 6) is 0.972. The van der Waals surface area contributed by atoms with Gasteiger partial charge in [-0.3, -0.25) is 4.79 Å². The molecule has 1 aromatic carbocycles. The van der Waals surface area contributed by atoms with E-state index in [4.69, 9.17) is 10.5 Å². The average molecular weight is 278 g/mol. The van der Waals surface area contributed by atoms with E-state index >= 15 is 0 Å². The Labute approximate surface area is 121 Å². The minimum absolute atomic E-state index is 0.0478. The third kappa shape index (κ3) is 5.21. The Morgan fingerprint density at radius 1 is 1.45 bits per heavy atom. The van der Waals surface area contributed by atoms with Gasteiger partial charge in [-0.05, 0) is 37.3 Å². The number of carbonyl (C=O) groups is 1. The van der Waals surface area contributed by atoms with E-state index in [1.807, 2.05) is 19.1 Å². The van der Waals surface area contributed by atoms with E-state index in [0.29, 0.717) is 19.4 Å². The fourth-order valence-corrected chi connectivity index (χ4v) is 2.04. The highest BCUT2D eigenvalue weighted by Gasteiger charge is 2.10. The van der Waals surface area contributed by atoms with Crippen molar-refractivity contribution in [1.29, 1.82) is 0 Å². The van der Waals surface area contributed by atoms with Crippen LogP contribution >= 0.6 is 0 Å². The molecule has 4 nitrogen and oxygen atoms in total. The summed E-state index contributed by atoms with van der Waals surface area (Å²) in [5, 5.41) is 2.61. The van der Waals surface area contributed by atoms with Gasteiger partial charge in [0, 0.05) is 19.5 Å². The van der Waals surface area contributed by atoms with Crippen molar-refractivity contribution in [2.45, 2.75) is 45.6 Å². The molecule has 1 atom stereocenters. The Kier molecular flexibility index (Phi) is 7.09. The van der Waals surface area contributed by atoms with E-state index in [1.54, 1.807) is 7.05 Å². The second-order valence-corrected chi connectivity index (χ2v) is 5.06. The zero-order chi connectivity index (χ0) is 15.0. The van der Waals surface area contributed by atoms with Gasteiger partial charge in [0.25, 0.3) is 0 Å². The molecule has 0 bridgehead atoms. The lowest BCUT2D eigenvalue weighted by Crippen LogP contribution is -2.22. The molecular formula is C16H26N2O2. The number of amides is 1. The summed E-state index contributed by atoms with van der Waals surface area (Å²) in [5.41, 5.74) is 8.30. The summed E-state index contributed by atoms with van der Waals surface area (Å²) in [4.78, 5) is 11.2. The molecule has 3 N–H and O–H groups in total. The number of para-hydroxylation sites is 1. The van der Waals surface area contributed by atoms with Gasteiger partial charge in [0.15, 0.2) is 0 Å². The molecule has 0 aromatic heterocycles. The Morgan fingerprint density at radius 3 is 2.85 bits per heavy atom. The van der Waals surface area contributed by atoms with Crippen LogP contribution in [0.1, 0.15) is 37.3 Å². The van der Waals surface area contributed by atoms with Gasteiger partial charge in [-0.25, -0.2) is 0 Å². The highest BCUT2D eigenvalue weighted by molar-refractivity contribution is 5.75. The Balaban J connectivity index is 2.61. The highest BCUT2D eigenvalue weighted by Crippen LogP contribution is 2.25. The molecular weight excluding hydrogens is 252 g/mol. The van der Waals surface area contributed by atoms with Gasteiger partial charge in [-0.2, -0.15) is 0 Å². The SMILES string of the molecule is CCC(N)Cc1cccc(C)c1OCCCC(=O)NC. The van der Waals surface area contributed by atoms with Crippen molar-refractivity contribution in [2.24, 2.45) is 5.73 Å². The van der Waals surface area contributed by atoms with Gasteiger partial charge in [0.1, 0.15) is 5.75 Å². The largest absolute Gasteiger partial charge is 0.493 e. The van der Waals surface area contributed by atoms with Crippen LogP contribution in [-0.2, 0) is 11.2 Å². The maximum Gasteiger partial charge on any atom is 0.219 e. The summed E-state index contributed by atoms with van der Waals surface area (Å²) in [6.45, 7) is 4.67. The van der Waals surface area contributed by atoms with Crippen LogP contribution in [0.5, 0.6) is 5.75 Å². The first kappa shape index (κ1) is 16.5. The zero-order valence-electron chi connectivity index (χ0n) is 12.7. The van der Waals surface area contributed by atoms with Crippen LogP contribution in [-0.4, -0.2) is 25.6 Å². The molecule has 1 unspecified atom stereocenters. The molecule has 20 heavy (non-hydrogen) atoms. The Bertz CT molecular complexity index is 432. The molecule has 0 saturated carbocycles. The minimum atomic E-state index is 0.0478. The van der Waals surface area contributed by atoms with Crippen molar-refractivity contribution >= 4 is 5.91 Å². The predicted octanol–water partition coefficient (Wildman–Crippen LogP) is 2.18. The summed E-state index contributed by atoms with van der Waals surface area (Å²) in [6, 6.07) is 6.29. The first-order chi connectivity index (χ1) is 9.58. The van der Waals surface area contributed by atoms with Gasteiger partial charge in [0.05, 0.1) is 6.61 Å². The predicted molar refractivity (Wildman–Crippen MR) is 81.9 cm³/mol. The first-order valence-corrected chi connectivity index (χ1v) is 7.25. The van der Waals surface area contributed by atoms with Crippen LogP contribution in [0, 0.1) is 6.92 Å². The molecule has 0 heterocycles. The van der Waals surface area contributed by atoms with Gasteiger partial charge < -0.3 is 15.8 Å². The molecule has 0 spiro atoms. The van der Waals surface area contributed by atoms with Crippen molar-refractivity contribution in [3.8, 4) is 5.75 Å². The van der Waals surface area contributed by atoms with Crippen molar-refractivity contribution in [2.75, 3.05) is 13.7 Å². The second-order valence-electron chi connectivity index (χ2n) is 5.06. The van der Waals surface area contributed by atoms with E-state index < -0.39 is 0 Å². The number of aryl methyl sites for hydroxylation is 1. The Hall–Kier alpha value is -1.55. The van der Waals surface area contributed by atoms with Crippen molar-refractivity contribution in [3.63, 3.8) is 0 Å². The molecule has 1 rings (SSSR count). The summed E-state index contributed by atoms with van der Waals surface area (Å²) in [6.07, 6.45) is 2.98. The van der Waals surface area contributed by atoms with Crippen LogP contribution < -0.4 is 15.8 Å². The summed E-state index contributed by atoms with van der Waals surface area (Å²) < 4.78 is 5.87. The van der Waals surface area contributed by atoms with Crippen molar-refractivity contribution in [3.05, 3.63) is 29.3 Å². The molecule has 0 aliphatic carbocycles. The maximum absolute atomic E-state index is 11.2. The van der Waals surface area contributed by atoms with Gasteiger partial charge in [-0.15, -0.1) is 0 Å². The molecule has 0 aliphatic heterocycles. The van der Waals surface area contributed by atoms with Crippen LogP contribution in [0.3, 0.4) is 0 Å². The summed E-state index contributed by atoms with van der Waals surface area (Å²) >= 11 is 0. The zero-order valence-corrected chi connectivity index (χ0v) is 12.7. The quantitative estimate of drug-likeness (QED) is 0.716. The lowest BCUT2D eigenvalue weighted by Gasteiger charge is -2.16. The monoisotopic (exact) mass is 278 g/mol. The van der Waals surface area contributed by atoms with Gasteiger partial charge in [-0.1, -0.05) is 25.1 Å². The van der Waals surface area contributed by atoms with Gasteiger partial charge in [0.2, 0.25) is 5.91 Å². The topological polar surface area (TPSA) is 64.3 Å². The third-order valence-corrected chi connectivity index (χ3v) is 3.37. The normalized spacial score (nSPS) is 12.0. The molecule has 1 amide bonds. The number of benzene rings is 1. The minimum Gasteiger partial charge on any atom is -0.493 e. The van der Waals surface area contributed by atoms with Crippen LogP contribution in [0.4, 0.5) is 0 Å². The standard InChI is InChI=1S/C16H26N2O2/c1-4-14(17)11-13-8-5-7-12(2)16(13)20-10-6-9-15(19)18-3/h5,7-8,14H,4,6,9-11,17H2,1-3H3,(H,18,19).